The van der Waals surface area contributed by atoms with Gasteiger partial charge in [0, 0.05) is 17.1 Å². The Balaban J connectivity index is 2.15. The Morgan fingerprint density at radius 2 is 2.00 bits per heavy atom. The molecule has 6 heteroatoms. The van der Waals surface area contributed by atoms with Gasteiger partial charge >= 0.3 is 0 Å². The number of nitrogens with one attached hydrogen (secondary N) is 1. The van der Waals surface area contributed by atoms with E-state index in [1.807, 2.05) is 12.1 Å². The summed E-state index contributed by atoms with van der Waals surface area (Å²) in [5, 5.41) is 12.8. The molecule has 0 aliphatic heterocycles. The van der Waals surface area contributed by atoms with Gasteiger partial charge < -0.3 is 0 Å². The van der Waals surface area contributed by atoms with Crippen molar-refractivity contribution in [1.29, 1.82) is 0 Å². The Labute approximate surface area is 98.2 Å². The molecule has 2 aromatic rings. The first kappa shape index (κ1) is 11.0. The van der Waals surface area contributed by atoms with E-state index >= 15 is 0 Å². The van der Waals surface area contributed by atoms with Crippen molar-refractivity contribution < 1.29 is 0 Å². The van der Waals surface area contributed by atoms with Gasteiger partial charge in [0.1, 0.15) is 0 Å². The normalized spacial score (nSPS) is 10.6. The molecular formula is C10H11ClN5. The lowest BCUT2D eigenvalue weighted by Gasteiger charge is -1.95. The standard InChI is InChI=1S/C10H11ClN5/c11-9-4-2-8(3-5-9)10-13-15-16(14-10)7-1-6-12/h2-5,12H,1,6-7H2. The maximum Gasteiger partial charge on any atom is 0.204 e. The summed E-state index contributed by atoms with van der Waals surface area (Å²) >= 11 is 5.79. The number of halogens is 1. The van der Waals surface area contributed by atoms with Crippen LogP contribution >= 0.6 is 11.6 Å². The van der Waals surface area contributed by atoms with Crippen molar-refractivity contribution in [3.8, 4) is 11.4 Å². The summed E-state index contributed by atoms with van der Waals surface area (Å²) in [5.41, 5.74) is 7.93. The molecule has 0 spiro atoms. The fraction of sp³-hybridized carbons (Fsp3) is 0.300. The van der Waals surface area contributed by atoms with E-state index in [9.17, 15) is 0 Å². The summed E-state index contributed by atoms with van der Waals surface area (Å²) in [7, 11) is 0. The van der Waals surface area contributed by atoms with Crippen molar-refractivity contribution in [2.24, 2.45) is 0 Å². The highest BCUT2D eigenvalue weighted by molar-refractivity contribution is 6.30. The Kier molecular flexibility index (Phi) is 3.48. The highest BCUT2D eigenvalue weighted by atomic mass is 35.5. The monoisotopic (exact) mass is 236 g/mol. The first-order valence-electron chi connectivity index (χ1n) is 4.98. The van der Waals surface area contributed by atoms with Crippen LogP contribution in [0.15, 0.2) is 24.3 Å². The van der Waals surface area contributed by atoms with Gasteiger partial charge in [0.05, 0.1) is 6.54 Å². The molecule has 1 heterocycles. The van der Waals surface area contributed by atoms with E-state index in [-0.39, 0.29) is 0 Å². The zero-order valence-electron chi connectivity index (χ0n) is 8.60. The van der Waals surface area contributed by atoms with Crippen LogP contribution < -0.4 is 5.73 Å². The van der Waals surface area contributed by atoms with E-state index in [0.717, 1.165) is 12.0 Å². The van der Waals surface area contributed by atoms with Crippen LogP contribution in [0, 0.1) is 0 Å². The smallest absolute Gasteiger partial charge is 0.204 e. The Morgan fingerprint density at radius 3 is 2.69 bits per heavy atom. The number of rotatable bonds is 4. The third-order valence-corrected chi connectivity index (χ3v) is 2.34. The molecule has 83 valence electrons. The lowest BCUT2D eigenvalue weighted by molar-refractivity contribution is 0.503. The van der Waals surface area contributed by atoms with Gasteiger partial charge in [-0.05, 0) is 35.9 Å². The van der Waals surface area contributed by atoms with Crippen molar-refractivity contribution in [2.75, 3.05) is 6.54 Å². The van der Waals surface area contributed by atoms with Crippen LogP contribution in [-0.2, 0) is 6.54 Å². The van der Waals surface area contributed by atoms with Crippen LogP contribution in [0.25, 0.3) is 11.4 Å². The van der Waals surface area contributed by atoms with Crippen molar-refractivity contribution >= 4 is 11.6 Å². The molecule has 0 fully saturated rings. The fourth-order valence-electron chi connectivity index (χ4n) is 1.27. The molecule has 1 N–H and O–H groups in total. The van der Waals surface area contributed by atoms with E-state index in [1.54, 1.807) is 12.1 Å². The molecule has 1 radical (unpaired) electrons. The molecule has 0 unspecified atom stereocenters. The van der Waals surface area contributed by atoms with E-state index in [0.29, 0.717) is 23.9 Å². The maximum absolute atomic E-state index is 7.04. The first-order chi connectivity index (χ1) is 7.79. The van der Waals surface area contributed by atoms with Crippen molar-refractivity contribution in [1.82, 2.24) is 25.9 Å². The summed E-state index contributed by atoms with van der Waals surface area (Å²) in [4.78, 5) is 1.51. The van der Waals surface area contributed by atoms with Crippen LogP contribution in [0.3, 0.4) is 0 Å². The topological polar surface area (TPSA) is 67.4 Å². The molecule has 16 heavy (non-hydrogen) atoms. The van der Waals surface area contributed by atoms with Gasteiger partial charge in [0.15, 0.2) is 0 Å². The predicted octanol–water partition coefficient (Wildman–Crippen LogP) is 1.67. The number of tetrazole rings is 1. The minimum Gasteiger partial charge on any atom is -0.258 e. The molecule has 1 aromatic carbocycles. The lowest BCUT2D eigenvalue weighted by Crippen LogP contribution is -2.04. The SMILES string of the molecule is [NH]CCCn1nnc(-c2ccc(Cl)cc2)n1. The Morgan fingerprint density at radius 1 is 1.25 bits per heavy atom. The molecule has 0 amide bonds. The first-order valence-corrected chi connectivity index (χ1v) is 5.36. The van der Waals surface area contributed by atoms with E-state index in [4.69, 9.17) is 17.3 Å². The second-order valence-electron chi connectivity index (χ2n) is 3.32. The second-order valence-corrected chi connectivity index (χ2v) is 3.76. The summed E-state index contributed by atoms with van der Waals surface area (Å²) in [6.07, 6.45) is 0.733. The molecule has 0 saturated heterocycles. The highest BCUT2D eigenvalue weighted by Crippen LogP contribution is 2.16. The fourth-order valence-corrected chi connectivity index (χ4v) is 1.40. The summed E-state index contributed by atoms with van der Waals surface area (Å²) < 4.78 is 0. The summed E-state index contributed by atoms with van der Waals surface area (Å²) in [6.45, 7) is 1.00. The minimum atomic E-state index is 0.373. The number of benzene rings is 1. The van der Waals surface area contributed by atoms with Crippen LogP contribution in [0.2, 0.25) is 5.02 Å². The van der Waals surface area contributed by atoms with E-state index < -0.39 is 0 Å². The number of aryl methyl sites for hydroxylation is 1. The van der Waals surface area contributed by atoms with Crippen LogP contribution in [0.5, 0.6) is 0 Å². The Hall–Kier alpha value is -1.46. The van der Waals surface area contributed by atoms with Gasteiger partial charge in [-0.15, -0.1) is 10.2 Å². The van der Waals surface area contributed by atoms with Crippen molar-refractivity contribution in [3.05, 3.63) is 29.3 Å². The van der Waals surface area contributed by atoms with E-state index in [1.165, 1.54) is 4.80 Å². The summed E-state index contributed by atoms with van der Waals surface area (Å²) in [6, 6.07) is 7.30. The molecular weight excluding hydrogens is 226 g/mol. The average molecular weight is 237 g/mol. The van der Waals surface area contributed by atoms with Crippen molar-refractivity contribution in [3.63, 3.8) is 0 Å². The van der Waals surface area contributed by atoms with Crippen molar-refractivity contribution in [2.45, 2.75) is 13.0 Å². The Bertz CT molecular complexity index is 450. The molecule has 1 aromatic heterocycles. The molecule has 0 atom stereocenters. The lowest BCUT2D eigenvalue weighted by atomic mass is 10.2. The predicted molar refractivity (Wildman–Crippen MR) is 60.8 cm³/mol. The molecule has 0 bridgehead atoms. The molecule has 5 nitrogen and oxygen atoms in total. The average Bonchev–Trinajstić information content (AvgIpc) is 2.76. The highest BCUT2D eigenvalue weighted by Gasteiger charge is 2.04. The van der Waals surface area contributed by atoms with Crippen LogP contribution in [-0.4, -0.2) is 26.8 Å². The zero-order valence-corrected chi connectivity index (χ0v) is 9.35. The van der Waals surface area contributed by atoms with Crippen LogP contribution in [0.4, 0.5) is 0 Å². The summed E-state index contributed by atoms with van der Waals surface area (Å²) in [5.74, 6) is 0.585. The quantitative estimate of drug-likeness (QED) is 0.811. The third kappa shape index (κ3) is 2.56. The molecule has 0 aliphatic rings. The van der Waals surface area contributed by atoms with Gasteiger partial charge in [0.25, 0.3) is 0 Å². The zero-order chi connectivity index (χ0) is 11.4. The van der Waals surface area contributed by atoms with Gasteiger partial charge in [0.2, 0.25) is 5.82 Å². The van der Waals surface area contributed by atoms with E-state index in [2.05, 4.69) is 15.4 Å². The number of hydrogen-bond acceptors (Lipinski definition) is 3. The molecule has 0 aliphatic carbocycles. The van der Waals surface area contributed by atoms with Gasteiger partial charge in [-0.25, -0.2) is 0 Å². The maximum atomic E-state index is 7.04. The van der Waals surface area contributed by atoms with Gasteiger partial charge in [-0.2, -0.15) is 4.80 Å². The van der Waals surface area contributed by atoms with Gasteiger partial charge in [-0.1, -0.05) is 11.6 Å². The largest absolute Gasteiger partial charge is 0.258 e. The third-order valence-electron chi connectivity index (χ3n) is 2.09. The molecule has 2 rings (SSSR count). The number of aromatic nitrogens is 4. The van der Waals surface area contributed by atoms with Gasteiger partial charge in [-0.3, -0.25) is 5.73 Å². The molecule has 0 saturated carbocycles. The second kappa shape index (κ2) is 5.05. The number of hydrogen-bond donors (Lipinski definition) is 0. The number of nitrogens with zero attached hydrogens (tertiary/aromatic N) is 4. The van der Waals surface area contributed by atoms with Crippen LogP contribution in [0.1, 0.15) is 6.42 Å². The minimum absolute atomic E-state index is 0.373.